The van der Waals surface area contributed by atoms with Gasteiger partial charge in [0.2, 0.25) is 0 Å². The van der Waals surface area contributed by atoms with Crippen molar-refractivity contribution in [2.45, 2.75) is 27.2 Å². The van der Waals surface area contributed by atoms with E-state index < -0.39 is 0 Å². The molecule has 0 unspecified atom stereocenters. The number of aryl methyl sites for hydroxylation is 1. The molecule has 1 fully saturated rings. The van der Waals surface area contributed by atoms with E-state index in [9.17, 15) is 4.79 Å². The smallest absolute Gasteiger partial charge is 0.254 e. The first-order valence-corrected chi connectivity index (χ1v) is 10.9. The van der Waals surface area contributed by atoms with Crippen molar-refractivity contribution >= 4 is 23.2 Å². The number of carbonyl (C=O) groups is 1. The second kappa shape index (κ2) is 10.1. The number of carbonyl (C=O) groups excluding carboxylic acids is 1. The molecule has 30 heavy (non-hydrogen) atoms. The first-order valence-electron chi connectivity index (χ1n) is 10.5. The van der Waals surface area contributed by atoms with Crippen molar-refractivity contribution in [3.63, 3.8) is 0 Å². The third-order valence-electron chi connectivity index (χ3n) is 5.35. The minimum absolute atomic E-state index is 0.0344. The lowest BCUT2D eigenvalue weighted by Crippen LogP contribution is -2.48. The van der Waals surface area contributed by atoms with Crippen LogP contribution in [0.1, 0.15) is 36.2 Å². The number of nitrogens with zero attached hydrogens (tertiary/aromatic N) is 2. The SMILES string of the molecule is COc1cc(C(=O)N2CCN(c3cccc(C)c3)CC2)cc(Cl)c1OCCC(C)C. The van der Waals surface area contributed by atoms with Crippen LogP contribution in [-0.2, 0) is 0 Å². The summed E-state index contributed by atoms with van der Waals surface area (Å²) in [7, 11) is 1.57. The topological polar surface area (TPSA) is 42.0 Å². The monoisotopic (exact) mass is 430 g/mol. The normalized spacial score (nSPS) is 14.2. The van der Waals surface area contributed by atoms with Crippen molar-refractivity contribution in [2.24, 2.45) is 5.92 Å². The quantitative estimate of drug-likeness (QED) is 0.616. The number of anilines is 1. The fourth-order valence-corrected chi connectivity index (χ4v) is 3.82. The Morgan fingerprint density at radius 1 is 1.13 bits per heavy atom. The fourth-order valence-electron chi connectivity index (χ4n) is 3.56. The number of ether oxygens (including phenoxy) is 2. The van der Waals surface area contributed by atoms with E-state index in [0.29, 0.717) is 47.7 Å². The number of rotatable bonds is 7. The van der Waals surface area contributed by atoms with Gasteiger partial charge in [0.15, 0.2) is 11.5 Å². The highest BCUT2D eigenvalue weighted by Crippen LogP contribution is 2.37. The minimum atomic E-state index is -0.0344. The molecule has 1 aliphatic heterocycles. The van der Waals surface area contributed by atoms with Crippen LogP contribution in [0.4, 0.5) is 5.69 Å². The zero-order chi connectivity index (χ0) is 21.7. The highest BCUT2D eigenvalue weighted by Gasteiger charge is 2.24. The Morgan fingerprint density at radius 2 is 1.87 bits per heavy atom. The molecule has 0 aliphatic carbocycles. The van der Waals surface area contributed by atoms with Gasteiger partial charge in [0.1, 0.15) is 0 Å². The lowest BCUT2D eigenvalue weighted by molar-refractivity contribution is 0.0746. The van der Waals surface area contributed by atoms with Gasteiger partial charge >= 0.3 is 0 Å². The van der Waals surface area contributed by atoms with Crippen molar-refractivity contribution in [3.05, 3.63) is 52.5 Å². The zero-order valence-electron chi connectivity index (χ0n) is 18.3. The van der Waals surface area contributed by atoms with Gasteiger partial charge in [-0.05, 0) is 49.1 Å². The maximum absolute atomic E-state index is 13.1. The van der Waals surface area contributed by atoms with Crippen LogP contribution in [0.5, 0.6) is 11.5 Å². The van der Waals surface area contributed by atoms with Gasteiger partial charge in [-0.1, -0.05) is 37.6 Å². The average molecular weight is 431 g/mol. The predicted molar refractivity (Wildman–Crippen MR) is 122 cm³/mol. The summed E-state index contributed by atoms with van der Waals surface area (Å²) in [6.45, 7) is 9.87. The van der Waals surface area contributed by atoms with Crippen LogP contribution in [-0.4, -0.2) is 50.7 Å². The Hall–Kier alpha value is -2.40. The largest absolute Gasteiger partial charge is 0.493 e. The van der Waals surface area contributed by atoms with E-state index >= 15 is 0 Å². The molecule has 0 aromatic heterocycles. The van der Waals surface area contributed by atoms with Gasteiger partial charge in [-0.3, -0.25) is 4.79 Å². The summed E-state index contributed by atoms with van der Waals surface area (Å²) >= 11 is 6.45. The molecule has 1 saturated heterocycles. The number of benzene rings is 2. The van der Waals surface area contributed by atoms with E-state index in [4.69, 9.17) is 21.1 Å². The van der Waals surface area contributed by atoms with Crippen LogP contribution >= 0.6 is 11.6 Å². The molecule has 2 aromatic carbocycles. The molecule has 162 valence electrons. The van der Waals surface area contributed by atoms with Crippen LogP contribution in [0.25, 0.3) is 0 Å². The van der Waals surface area contributed by atoms with Crippen molar-refractivity contribution in [1.29, 1.82) is 0 Å². The lowest BCUT2D eigenvalue weighted by atomic mass is 10.1. The van der Waals surface area contributed by atoms with Gasteiger partial charge < -0.3 is 19.3 Å². The van der Waals surface area contributed by atoms with Crippen molar-refractivity contribution in [2.75, 3.05) is 44.8 Å². The first-order chi connectivity index (χ1) is 14.4. The summed E-state index contributed by atoms with van der Waals surface area (Å²) in [6.07, 6.45) is 0.922. The van der Waals surface area contributed by atoms with Gasteiger partial charge in [0, 0.05) is 37.4 Å². The predicted octanol–water partition coefficient (Wildman–Crippen LogP) is 5.04. The Labute approximate surface area is 184 Å². The zero-order valence-corrected chi connectivity index (χ0v) is 19.0. The second-order valence-corrected chi connectivity index (χ2v) is 8.55. The Balaban J connectivity index is 1.67. The summed E-state index contributed by atoms with van der Waals surface area (Å²) < 4.78 is 11.3. The number of hydrogen-bond donors (Lipinski definition) is 0. The van der Waals surface area contributed by atoms with Crippen LogP contribution < -0.4 is 14.4 Å². The van der Waals surface area contributed by atoms with E-state index in [1.807, 2.05) is 4.90 Å². The molecule has 0 radical (unpaired) electrons. The molecule has 3 rings (SSSR count). The van der Waals surface area contributed by atoms with E-state index in [1.54, 1.807) is 19.2 Å². The van der Waals surface area contributed by atoms with Crippen molar-refractivity contribution in [3.8, 4) is 11.5 Å². The average Bonchev–Trinajstić information content (AvgIpc) is 2.74. The summed E-state index contributed by atoms with van der Waals surface area (Å²) in [5.41, 5.74) is 2.97. The molecular weight excluding hydrogens is 400 g/mol. The number of halogens is 1. The molecule has 0 spiro atoms. The second-order valence-electron chi connectivity index (χ2n) is 8.14. The molecule has 1 amide bonds. The molecule has 0 atom stereocenters. The molecule has 0 bridgehead atoms. The summed E-state index contributed by atoms with van der Waals surface area (Å²) in [4.78, 5) is 17.3. The molecule has 1 aliphatic rings. The van der Waals surface area contributed by atoms with E-state index in [2.05, 4.69) is 49.9 Å². The van der Waals surface area contributed by atoms with Crippen molar-refractivity contribution < 1.29 is 14.3 Å². The highest BCUT2D eigenvalue weighted by molar-refractivity contribution is 6.32. The number of piperazine rings is 1. The van der Waals surface area contributed by atoms with Crippen LogP contribution in [0.15, 0.2) is 36.4 Å². The number of methoxy groups -OCH3 is 1. The Kier molecular flexibility index (Phi) is 7.48. The third kappa shape index (κ3) is 5.39. The number of hydrogen-bond acceptors (Lipinski definition) is 4. The summed E-state index contributed by atoms with van der Waals surface area (Å²) in [5, 5.41) is 0.403. The minimum Gasteiger partial charge on any atom is -0.493 e. The molecule has 5 nitrogen and oxygen atoms in total. The van der Waals surface area contributed by atoms with Gasteiger partial charge in [-0.15, -0.1) is 0 Å². The molecule has 1 heterocycles. The van der Waals surface area contributed by atoms with Crippen LogP contribution in [0.3, 0.4) is 0 Å². The Bertz CT molecular complexity index is 877. The first kappa shape index (κ1) is 22.3. The van der Waals surface area contributed by atoms with Gasteiger partial charge in [0.25, 0.3) is 5.91 Å². The Morgan fingerprint density at radius 3 is 2.50 bits per heavy atom. The fraction of sp³-hybridized carbons (Fsp3) is 0.458. The molecule has 2 aromatic rings. The van der Waals surface area contributed by atoms with Gasteiger partial charge in [-0.2, -0.15) is 0 Å². The molecule has 6 heteroatoms. The van der Waals surface area contributed by atoms with Gasteiger partial charge in [0.05, 0.1) is 18.7 Å². The van der Waals surface area contributed by atoms with E-state index in [0.717, 1.165) is 19.5 Å². The summed E-state index contributed by atoms with van der Waals surface area (Å²) in [5.74, 6) is 1.50. The highest BCUT2D eigenvalue weighted by atomic mass is 35.5. The molecule has 0 saturated carbocycles. The van der Waals surface area contributed by atoms with Crippen molar-refractivity contribution in [1.82, 2.24) is 4.90 Å². The maximum atomic E-state index is 13.1. The third-order valence-corrected chi connectivity index (χ3v) is 5.63. The lowest BCUT2D eigenvalue weighted by Gasteiger charge is -2.36. The van der Waals surface area contributed by atoms with Gasteiger partial charge in [-0.25, -0.2) is 0 Å². The standard InChI is InChI=1S/C24H31ClN2O3/c1-17(2)8-13-30-23-21(25)15-19(16-22(23)29-4)24(28)27-11-9-26(10-12-27)20-7-5-6-18(3)14-20/h5-7,14-17H,8-13H2,1-4H3. The van der Waals surface area contributed by atoms with E-state index in [-0.39, 0.29) is 5.91 Å². The molecule has 0 N–H and O–H groups in total. The van der Waals surface area contributed by atoms with Crippen LogP contribution in [0, 0.1) is 12.8 Å². The summed E-state index contributed by atoms with van der Waals surface area (Å²) in [6, 6.07) is 11.9. The number of amides is 1. The van der Waals surface area contributed by atoms with Crippen LogP contribution in [0.2, 0.25) is 5.02 Å². The molecular formula is C24H31ClN2O3. The van der Waals surface area contributed by atoms with E-state index in [1.165, 1.54) is 11.3 Å². The maximum Gasteiger partial charge on any atom is 0.254 e.